The summed E-state index contributed by atoms with van der Waals surface area (Å²) in [4.78, 5) is 10.9. The van der Waals surface area contributed by atoms with Gasteiger partial charge in [0.25, 0.3) is 0 Å². The van der Waals surface area contributed by atoms with Gasteiger partial charge < -0.3 is 5.32 Å². The van der Waals surface area contributed by atoms with Gasteiger partial charge in [0.15, 0.2) is 0 Å². The predicted molar refractivity (Wildman–Crippen MR) is 66.0 cm³/mol. The summed E-state index contributed by atoms with van der Waals surface area (Å²) in [6.07, 6.45) is 1.06. The monoisotopic (exact) mass is 261 g/mol. The van der Waals surface area contributed by atoms with E-state index in [1.165, 1.54) is 12.1 Å². The molecule has 0 radical (unpaired) electrons. The molecule has 2 amide bonds. The van der Waals surface area contributed by atoms with E-state index in [0.717, 1.165) is 6.26 Å². The molecule has 0 aromatic heterocycles. The average molecular weight is 261 g/mol. The largest absolute Gasteiger partial charge is 0.329 e. The topological polar surface area (TPSA) is 87.3 Å². The van der Waals surface area contributed by atoms with E-state index < -0.39 is 16.1 Å². The molecule has 0 bridgehead atoms. The Kier molecular flexibility index (Phi) is 4.02. The summed E-state index contributed by atoms with van der Waals surface area (Å²) in [7, 11) is -3.28. The molecular formula is C8H11N3O3S2. The zero-order valence-electron chi connectivity index (χ0n) is 8.39. The number of nitrogens with one attached hydrogen (secondary N) is 3. The van der Waals surface area contributed by atoms with E-state index in [9.17, 15) is 13.2 Å². The molecule has 0 fully saturated rings. The molecular weight excluding hydrogens is 250 g/mol. The lowest BCUT2D eigenvalue weighted by atomic mass is 10.3. The first-order valence-corrected chi connectivity index (χ1v) is 6.53. The minimum atomic E-state index is -3.28. The molecule has 0 saturated heterocycles. The summed E-state index contributed by atoms with van der Waals surface area (Å²) in [6.45, 7) is 0. The summed E-state index contributed by atoms with van der Waals surface area (Å²) in [5.74, 6) is 0. The van der Waals surface area contributed by atoms with Crippen molar-refractivity contribution in [2.45, 2.75) is 0 Å². The Morgan fingerprint density at radius 1 is 1.19 bits per heavy atom. The molecule has 0 saturated carbocycles. The molecule has 1 aromatic rings. The van der Waals surface area contributed by atoms with Crippen molar-refractivity contribution in [3.63, 3.8) is 0 Å². The maximum absolute atomic E-state index is 10.9. The van der Waals surface area contributed by atoms with Crippen LogP contribution in [0.5, 0.6) is 0 Å². The standard InChI is InChI=1S/C8H11N3O3S2/c1-16(13,14)11-7-4-2-6(3-5-7)9-8(12)10-15/h2-5,11,15H,1H3,(H2,9,10,12). The molecule has 3 N–H and O–H groups in total. The van der Waals surface area contributed by atoms with Crippen molar-refractivity contribution < 1.29 is 13.2 Å². The van der Waals surface area contributed by atoms with E-state index in [1.807, 2.05) is 0 Å². The van der Waals surface area contributed by atoms with Crippen LogP contribution in [0.4, 0.5) is 16.2 Å². The first kappa shape index (κ1) is 12.7. The lowest BCUT2D eigenvalue weighted by Crippen LogP contribution is -2.20. The minimum Gasteiger partial charge on any atom is -0.307 e. The number of benzene rings is 1. The summed E-state index contributed by atoms with van der Waals surface area (Å²) in [5, 5.41) is 2.48. The SMILES string of the molecule is CS(=O)(=O)Nc1ccc(NC(=O)NS)cc1. The van der Waals surface area contributed by atoms with Gasteiger partial charge in [-0.2, -0.15) is 0 Å². The fraction of sp³-hybridized carbons (Fsp3) is 0.125. The zero-order chi connectivity index (χ0) is 12.2. The van der Waals surface area contributed by atoms with E-state index >= 15 is 0 Å². The van der Waals surface area contributed by atoms with Crippen LogP contribution in [0.3, 0.4) is 0 Å². The van der Waals surface area contributed by atoms with Gasteiger partial charge in [-0.05, 0) is 24.3 Å². The number of carbonyl (C=O) groups is 1. The van der Waals surface area contributed by atoms with Crippen LogP contribution in [0, 0.1) is 0 Å². The van der Waals surface area contributed by atoms with Gasteiger partial charge in [-0.3, -0.25) is 9.44 Å². The van der Waals surface area contributed by atoms with Gasteiger partial charge >= 0.3 is 6.03 Å². The molecule has 88 valence electrons. The van der Waals surface area contributed by atoms with Gasteiger partial charge in [0.2, 0.25) is 10.0 Å². The highest BCUT2D eigenvalue weighted by atomic mass is 32.2. The third-order valence-corrected chi connectivity index (χ3v) is 2.36. The number of sulfonamides is 1. The molecule has 1 aromatic carbocycles. The summed E-state index contributed by atoms with van der Waals surface area (Å²) >= 11 is 3.57. The zero-order valence-corrected chi connectivity index (χ0v) is 10.1. The molecule has 8 heteroatoms. The summed E-state index contributed by atoms with van der Waals surface area (Å²) in [5.41, 5.74) is 0.963. The molecule has 0 aliphatic heterocycles. The number of amides is 2. The van der Waals surface area contributed by atoms with Crippen LogP contribution in [0.25, 0.3) is 0 Å². The third kappa shape index (κ3) is 4.41. The molecule has 0 unspecified atom stereocenters. The Hall–Kier alpha value is -1.41. The Balaban J connectivity index is 2.72. The second-order valence-electron chi connectivity index (χ2n) is 3.02. The average Bonchev–Trinajstić information content (AvgIpc) is 2.18. The second-order valence-corrected chi connectivity index (χ2v) is 4.99. The number of thiol groups is 1. The number of rotatable bonds is 3. The molecule has 6 nitrogen and oxygen atoms in total. The van der Waals surface area contributed by atoms with Gasteiger partial charge in [0.1, 0.15) is 0 Å². The number of carbonyl (C=O) groups excluding carboxylic acids is 1. The first-order valence-electron chi connectivity index (χ1n) is 4.19. The minimum absolute atomic E-state index is 0.430. The van der Waals surface area contributed by atoms with Crippen LogP contribution in [-0.4, -0.2) is 20.7 Å². The lowest BCUT2D eigenvalue weighted by Gasteiger charge is -2.06. The Morgan fingerprint density at radius 2 is 1.69 bits per heavy atom. The molecule has 0 heterocycles. The predicted octanol–water partition coefficient (Wildman–Crippen LogP) is 1.02. The smallest absolute Gasteiger partial charge is 0.307 e. The van der Waals surface area contributed by atoms with Gasteiger partial charge in [0.05, 0.1) is 6.26 Å². The first-order chi connectivity index (χ1) is 7.40. The maximum Gasteiger partial charge on any atom is 0.329 e. The van der Waals surface area contributed by atoms with E-state index in [4.69, 9.17) is 0 Å². The fourth-order valence-corrected chi connectivity index (χ4v) is 1.61. The quantitative estimate of drug-likeness (QED) is 0.613. The lowest BCUT2D eigenvalue weighted by molar-refractivity contribution is 0.257. The Morgan fingerprint density at radius 3 is 2.12 bits per heavy atom. The molecule has 1 rings (SSSR count). The van der Waals surface area contributed by atoms with E-state index in [2.05, 4.69) is 27.6 Å². The van der Waals surface area contributed by atoms with Crippen LogP contribution >= 0.6 is 12.8 Å². The maximum atomic E-state index is 10.9. The van der Waals surface area contributed by atoms with Crippen molar-refractivity contribution in [2.75, 3.05) is 16.3 Å². The van der Waals surface area contributed by atoms with E-state index in [0.29, 0.717) is 11.4 Å². The van der Waals surface area contributed by atoms with Crippen LogP contribution in [0.15, 0.2) is 24.3 Å². The van der Waals surface area contributed by atoms with Crippen molar-refractivity contribution in [1.82, 2.24) is 4.72 Å². The van der Waals surface area contributed by atoms with E-state index in [1.54, 1.807) is 12.1 Å². The van der Waals surface area contributed by atoms with Crippen LogP contribution in [-0.2, 0) is 10.0 Å². The summed E-state index contributed by atoms with van der Waals surface area (Å²) in [6, 6.07) is 5.74. The molecule has 0 aliphatic rings. The van der Waals surface area contributed by atoms with Crippen molar-refractivity contribution in [2.24, 2.45) is 0 Å². The second kappa shape index (κ2) is 5.08. The van der Waals surface area contributed by atoms with Gasteiger partial charge in [-0.15, -0.1) is 0 Å². The van der Waals surface area contributed by atoms with Crippen molar-refractivity contribution >= 4 is 40.2 Å². The molecule has 0 spiro atoms. The Labute approximate surface area is 99.0 Å². The molecule has 0 atom stereocenters. The molecule has 16 heavy (non-hydrogen) atoms. The van der Waals surface area contributed by atoms with Gasteiger partial charge in [-0.25, -0.2) is 13.2 Å². The highest BCUT2D eigenvalue weighted by Gasteiger charge is 2.02. The molecule has 0 aliphatic carbocycles. The number of urea groups is 1. The van der Waals surface area contributed by atoms with Crippen LogP contribution in [0.1, 0.15) is 0 Å². The number of hydrogen-bond donors (Lipinski definition) is 4. The van der Waals surface area contributed by atoms with Crippen LogP contribution in [0.2, 0.25) is 0 Å². The van der Waals surface area contributed by atoms with Crippen LogP contribution < -0.4 is 14.8 Å². The summed E-state index contributed by atoms with van der Waals surface area (Å²) < 4.78 is 26.2. The van der Waals surface area contributed by atoms with Crippen molar-refractivity contribution in [3.05, 3.63) is 24.3 Å². The highest BCUT2D eigenvalue weighted by Crippen LogP contribution is 2.14. The van der Waals surface area contributed by atoms with E-state index in [-0.39, 0.29) is 0 Å². The third-order valence-electron chi connectivity index (χ3n) is 1.55. The van der Waals surface area contributed by atoms with Gasteiger partial charge in [0, 0.05) is 11.4 Å². The Bertz CT molecular complexity index is 470. The number of hydrogen-bond acceptors (Lipinski definition) is 4. The van der Waals surface area contributed by atoms with Gasteiger partial charge in [-0.1, -0.05) is 12.8 Å². The van der Waals surface area contributed by atoms with Crippen molar-refractivity contribution in [3.8, 4) is 0 Å². The van der Waals surface area contributed by atoms with Crippen molar-refractivity contribution in [1.29, 1.82) is 0 Å². The number of anilines is 2. The fourth-order valence-electron chi connectivity index (χ4n) is 0.995. The highest BCUT2D eigenvalue weighted by molar-refractivity contribution is 7.92. The normalized spacial score (nSPS) is 10.6.